The van der Waals surface area contributed by atoms with E-state index in [0.29, 0.717) is 6.42 Å². The molecule has 10 heteroatoms. The molecule has 0 radical (unpaired) electrons. The zero-order valence-corrected chi connectivity index (χ0v) is 23.7. The number of carbonyl (C=O) groups excluding carboxylic acids is 1. The van der Waals surface area contributed by atoms with Gasteiger partial charge in [0.1, 0.15) is 5.76 Å². The van der Waals surface area contributed by atoms with Gasteiger partial charge in [0.2, 0.25) is 11.8 Å². The Balaban J connectivity index is 1.57. The zero-order valence-electron chi connectivity index (χ0n) is 21.7. The maximum Gasteiger partial charge on any atom is 0.322 e. The van der Waals surface area contributed by atoms with E-state index in [2.05, 4.69) is 60.5 Å². The number of rotatable bonds is 7. The minimum absolute atomic E-state index is 0.0685. The van der Waals surface area contributed by atoms with Gasteiger partial charge in [-0.3, -0.25) is 4.79 Å². The standard InChI is InChI=1S/C25H33N3O5Si2/c1-15-11-19-20(35(7,8)14-34(19,5)6)13-16(15)12-17-9-10-18(33-17)22(29)26-21-23(30-2)27-25(32-4)28-24(21)31-3/h9-11,13H,12,14H2,1-8H3,(H,26,29). The summed E-state index contributed by atoms with van der Waals surface area (Å²) in [4.78, 5) is 21.2. The van der Waals surface area contributed by atoms with Crippen molar-refractivity contribution in [1.29, 1.82) is 0 Å². The number of carbonyl (C=O) groups is 1. The minimum atomic E-state index is -1.43. The van der Waals surface area contributed by atoms with Crippen LogP contribution in [0.3, 0.4) is 0 Å². The quantitative estimate of drug-likeness (QED) is 0.484. The summed E-state index contributed by atoms with van der Waals surface area (Å²) in [5, 5.41) is 5.96. The molecule has 0 unspecified atom stereocenters. The van der Waals surface area contributed by atoms with Crippen molar-refractivity contribution in [3.05, 3.63) is 46.9 Å². The Morgan fingerprint density at radius 1 is 0.971 bits per heavy atom. The van der Waals surface area contributed by atoms with Crippen molar-refractivity contribution in [2.45, 2.75) is 45.2 Å². The van der Waals surface area contributed by atoms with Crippen LogP contribution in [0.25, 0.3) is 0 Å². The van der Waals surface area contributed by atoms with E-state index in [1.54, 1.807) is 16.4 Å². The first-order chi connectivity index (χ1) is 16.5. The van der Waals surface area contributed by atoms with Gasteiger partial charge < -0.3 is 23.9 Å². The molecule has 0 saturated carbocycles. The lowest BCUT2D eigenvalue weighted by molar-refractivity contribution is 0.0994. The van der Waals surface area contributed by atoms with Crippen molar-refractivity contribution in [2.75, 3.05) is 26.6 Å². The molecule has 186 valence electrons. The van der Waals surface area contributed by atoms with Crippen molar-refractivity contribution in [3.63, 3.8) is 0 Å². The number of methoxy groups -OCH3 is 3. The number of nitrogens with one attached hydrogen (secondary N) is 1. The van der Waals surface area contributed by atoms with Crippen LogP contribution in [0.4, 0.5) is 5.69 Å². The molecule has 0 fully saturated rings. The third-order valence-corrected chi connectivity index (χ3v) is 17.8. The van der Waals surface area contributed by atoms with E-state index in [9.17, 15) is 4.79 Å². The van der Waals surface area contributed by atoms with E-state index < -0.39 is 22.1 Å². The second kappa shape index (κ2) is 9.16. The van der Waals surface area contributed by atoms with Gasteiger partial charge in [-0.1, -0.05) is 54.4 Å². The molecule has 35 heavy (non-hydrogen) atoms. The highest BCUT2D eigenvalue weighted by Gasteiger charge is 2.44. The summed E-state index contributed by atoms with van der Waals surface area (Å²) in [7, 11) is 1.52. The van der Waals surface area contributed by atoms with Crippen LogP contribution in [0.15, 0.2) is 28.7 Å². The zero-order chi connectivity index (χ0) is 25.5. The van der Waals surface area contributed by atoms with Gasteiger partial charge in [0, 0.05) is 6.42 Å². The van der Waals surface area contributed by atoms with Crippen LogP contribution < -0.4 is 29.9 Å². The van der Waals surface area contributed by atoms with Gasteiger partial charge in [-0.25, -0.2) is 0 Å². The molecule has 3 aromatic rings. The van der Waals surface area contributed by atoms with Crippen molar-refractivity contribution < 1.29 is 23.4 Å². The van der Waals surface area contributed by atoms with Gasteiger partial charge in [-0.2, -0.15) is 9.97 Å². The number of ether oxygens (including phenoxy) is 3. The number of amides is 1. The number of hydrogen-bond donors (Lipinski definition) is 1. The molecule has 2 aromatic heterocycles. The van der Waals surface area contributed by atoms with E-state index >= 15 is 0 Å². The lowest BCUT2D eigenvalue weighted by Crippen LogP contribution is -2.44. The first kappa shape index (κ1) is 25.0. The molecule has 0 bridgehead atoms. The van der Waals surface area contributed by atoms with Gasteiger partial charge in [0.25, 0.3) is 5.91 Å². The summed E-state index contributed by atoms with van der Waals surface area (Å²) in [5.74, 6) is 0.717. The summed E-state index contributed by atoms with van der Waals surface area (Å²) < 4.78 is 21.6. The van der Waals surface area contributed by atoms with Crippen molar-refractivity contribution in [2.24, 2.45) is 0 Å². The second-order valence-electron chi connectivity index (χ2n) is 10.3. The number of fused-ring (bicyclic) bond motifs is 1. The summed E-state index contributed by atoms with van der Waals surface area (Å²) in [6, 6.07) is 8.41. The average molecular weight is 512 g/mol. The van der Waals surface area contributed by atoms with Crippen LogP contribution in [0.1, 0.15) is 27.4 Å². The maximum atomic E-state index is 13.0. The fourth-order valence-corrected chi connectivity index (χ4v) is 20.4. The Hall–Kier alpha value is -3.12. The van der Waals surface area contributed by atoms with Crippen molar-refractivity contribution in [1.82, 2.24) is 9.97 Å². The lowest BCUT2D eigenvalue weighted by atomic mass is 10.0. The highest BCUT2D eigenvalue weighted by atomic mass is 28.4. The summed E-state index contributed by atoms with van der Waals surface area (Å²) >= 11 is 0. The fraction of sp³-hybridized carbons (Fsp3) is 0.400. The smallest absolute Gasteiger partial charge is 0.322 e. The molecule has 1 N–H and O–H groups in total. The molecule has 1 aliphatic rings. The normalized spacial score (nSPS) is 15.4. The topological polar surface area (TPSA) is 95.7 Å². The fourth-order valence-electron chi connectivity index (χ4n) is 5.21. The summed E-state index contributed by atoms with van der Waals surface area (Å²) in [6.07, 6.45) is 0.636. The SMILES string of the molecule is COc1nc(OC)c(NC(=O)c2ccc(Cc3cc4c(cc3C)[Si](C)(C)C[Si]4(C)C)o2)c(OC)n1. The highest BCUT2D eigenvalue weighted by Crippen LogP contribution is 2.33. The Morgan fingerprint density at radius 3 is 2.14 bits per heavy atom. The number of hydrogen-bond acceptors (Lipinski definition) is 7. The Kier molecular flexibility index (Phi) is 6.54. The van der Waals surface area contributed by atoms with Crippen molar-refractivity contribution in [3.8, 4) is 17.8 Å². The third kappa shape index (κ3) is 4.72. The number of benzene rings is 1. The largest absolute Gasteiger partial charge is 0.479 e. The molecule has 3 heterocycles. The predicted octanol–water partition coefficient (Wildman–Crippen LogP) is 3.63. The maximum absolute atomic E-state index is 13.0. The van der Waals surface area contributed by atoms with Crippen LogP contribution in [-0.4, -0.2) is 53.4 Å². The minimum Gasteiger partial charge on any atom is -0.479 e. The average Bonchev–Trinajstić information content (AvgIpc) is 3.34. The van der Waals surface area contributed by atoms with Gasteiger partial charge in [-0.05, 0) is 30.2 Å². The number of furan rings is 1. The summed E-state index contributed by atoms with van der Waals surface area (Å²) in [6.45, 7) is 12.1. The van der Waals surface area contributed by atoms with Gasteiger partial charge in [0.05, 0.1) is 37.5 Å². The Morgan fingerprint density at radius 2 is 1.57 bits per heavy atom. The predicted molar refractivity (Wildman–Crippen MR) is 141 cm³/mol. The summed E-state index contributed by atoms with van der Waals surface area (Å²) in [5.41, 5.74) is 4.13. The van der Waals surface area contributed by atoms with Crippen LogP contribution in [0, 0.1) is 6.92 Å². The molecule has 0 spiro atoms. The molecule has 0 saturated heterocycles. The van der Waals surface area contributed by atoms with Gasteiger partial charge in [-0.15, -0.1) is 0 Å². The van der Waals surface area contributed by atoms with E-state index in [-0.39, 0.29) is 29.2 Å². The monoisotopic (exact) mass is 511 g/mol. The van der Waals surface area contributed by atoms with E-state index in [4.69, 9.17) is 18.6 Å². The third-order valence-electron chi connectivity index (χ3n) is 6.70. The van der Waals surface area contributed by atoms with Crippen LogP contribution in [0.2, 0.25) is 31.9 Å². The van der Waals surface area contributed by atoms with E-state index in [0.717, 1.165) is 5.76 Å². The van der Waals surface area contributed by atoms with Crippen LogP contribution >= 0.6 is 0 Å². The number of nitrogens with zero attached hydrogens (tertiary/aromatic N) is 2. The number of aromatic nitrogens is 2. The first-order valence-electron chi connectivity index (χ1n) is 11.6. The lowest BCUT2D eigenvalue weighted by Gasteiger charge is -2.19. The van der Waals surface area contributed by atoms with Crippen LogP contribution in [-0.2, 0) is 6.42 Å². The number of aryl methyl sites for hydroxylation is 1. The first-order valence-corrected chi connectivity index (χ1v) is 18.0. The highest BCUT2D eigenvalue weighted by molar-refractivity contribution is 7.14. The Bertz CT molecular complexity index is 1260. The molecule has 1 aliphatic heterocycles. The molecule has 1 aromatic carbocycles. The van der Waals surface area contributed by atoms with E-state index in [1.807, 2.05) is 6.07 Å². The number of anilines is 1. The van der Waals surface area contributed by atoms with Gasteiger partial charge >= 0.3 is 6.01 Å². The van der Waals surface area contributed by atoms with Crippen molar-refractivity contribution >= 4 is 38.1 Å². The van der Waals surface area contributed by atoms with E-state index in [1.165, 1.54) is 38.1 Å². The molecule has 4 rings (SSSR count). The molecular formula is C25H33N3O5Si2. The molecule has 0 atom stereocenters. The Labute approximate surface area is 208 Å². The molecule has 1 amide bonds. The second-order valence-corrected chi connectivity index (χ2v) is 20.3. The molecule has 8 nitrogen and oxygen atoms in total. The molecule has 0 aliphatic carbocycles. The molecular weight excluding hydrogens is 478 g/mol. The van der Waals surface area contributed by atoms with Gasteiger partial charge in [0.15, 0.2) is 11.4 Å². The van der Waals surface area contributed by atoms with Crippen LogP contribution in [0.5, 0.6) is 17.8 Å².